The summed E-state index contributed by atoms with van der Waals surface area (Å²) in [6.07, 6.45) is 5.03. The molecule has 102 valence electrons. The monoisotopic (exact) mass is 279 g/mol. The van der Waals surface area contributed by atoms with Gasteiger partial charge >= 0.3 is 0 Å². The predicted octanol–water partition coefficient (Wildman–Crippen LogP) is 3.27. The highest BCUT2D eigenvalue weighted by Crippen LogP contribution is 2.44. The number of rotatable bonds is 3. The average Bonchev–Trinajstić information content (AvgIpc) is 3.00. The van der Waals surface area contributed by atoms with Crippen LogP contribution in [0.25, 0.3) is 0 Å². The number of amides is 1. The molecule has 3 atom stereocenters. The van der Waals surface area contributed by atoms with Crippen LogP contribution in [0, 0.1) is 11.8 Å². The molecule has 2 aliphatic rings. The lowest BCUT2D eigenvalue weighted by Crippen LogP contribution is -2.38. The predicted molar refractivity (Wildman–Crippen MR) is 74.7 cm³/mol. The maximum absolute atomic E-state index is 12.2. The maximum atomic E-state index is 12.2. The third kappa shape index (κ3) is 2.44. The van der Waals surface area contributed by atoms with Crippen molar-refractivity contribution in [2.45, 2.75) is 31.7 Å². The highest BCUT2D eigenvalue weighted by molar-refractivity contribution is 6.32. The van der Waals surface area contributed by atoms with Crippen LogP contribution in [0.5, 0.6) is 5.75 Å². The summed E-state index contributed by atoms with van der Waals surface area (Å²) in [6, 6.07) is 5.51. The van der Waals surface area contributed by atoms with Crippen LogP contribution in [0.4, 0.5) is 0 Å². The first-order chi connectivity index (χ1) is 9.17. The van der Waals surface area contributed by atoms with E-state index in [2.05, 4.69) is 5.32 Å². The lowest BCUT2D eigenvalue weighted by Gasteiger charge is -2.23. The van der Waals surface area contributed by atoms with E-state index in [-0.39, 0.29) is 5.91 Å². The fraction of sp³-hybridized carbons (Fsp3) is 0.533. The van der Waals surface area contributed by atoms with Crippen LogP contribution in [0.15, 0.2) is 18.2 Å². The quantitative estimate of drug-likeness (QED) is 0.922. The molecule has 0 aromatic heterocycles. The second-order valence-corrected chi connectivity index (χ2v) is 6.01. The van der Waals surface area contributed by atoms with E-state index in [4.69, 9.17) is 16.3 Å². The van der Waals surface area contributed by atoms with Gasteiger partial charge in [-0.05, 0) is 49.3 Å². The van der Waals surface area contributed by atoms with Crippen LogP contribution in [0.1, 0.15) is 36.0 Å². The third-order valence-electron chi connectivity index (χ3n) is 4.47. The molecule has 1 aromatic carbocycles. The first-order valence-corrected chi connectivity index (χ1v) is 7.19. The largest absolute Gasteiger partial charge is 0.495 e. The van der Waals surface area contributed by atoms with Crippen molar-refractivity contribution in [1.29, 1.82) is 0 Å². The van der Waals surface area contributed by atoms with Crippen LogP contribution < -0.4 is 10.1 Å². The molecule has 0 aliphatic heterocycles. The average molecular weight is 280 g/mol. The van der Waals surface area contributed by atoms with Gasteiger partial charge < -0.3 is 10.1 Å². The molecule has 0 heterocycles. The van der Waals surface area contributed by atoms with Crippen molar-refractivity contribution in [3.63, 3.8) is 0 Å². The standard InChI is InChI=1S/C15H18ClNO2/c1-19-14-5-4-11(8-12(14)16)15(18)17-13-7-9-2-3-10(13)6-9/h4-5,8-10,13H,2-3,6-7H2,1H3,(H,17,18)/t9-,10-,13-/m0/s1. The Labute approximate surface area is 118 Å². The van der Waals surface area contributed by atoms with E-state index in [9.17, 15) is 4.79 Å². The van der Waals surface area contributed by atoms with Gasteiger partial charge in [-0.15, -0.1) is 0 Å². The van der Waals surface area contributed by atoms with Crippen LogP contribution in [-0.2, 0) is 0 Å². The zero-order valence-corrected chi connectivity index (χ0v) is 11.7. The summed E-state index contributed by atoms with van der Waals surface area (Å²) in [4.78, 5) is 12.2. The van der Waals surface area contributed by atoms with Crippen molar-refractivity contribution in [2.75, 3.05) is 7.11 Å². The van der Waals surface area contributed by atoms with E-state index in [0.717, 1.165) is 12.3 Å². The molecular weight excluding hydrogens is 262 g/mol. The number of methoxy groups -OCH3 is 1. The van der Waals surface area contributed by atoms with E-state index < -0.39 is 0 Å². The lowest BCUT2D eigenvalue weighted by atomic mass is 9.95. The fourth-order valence-corrected chi connectivity index (χ4v) is 3.74. The van der Waals surface area contributed by atoms with Gasteiger partial charge in [0.25, 0.3) is 5.91 Å². The highest BCUT2D eigenvalue weighted by Gasteiger charge is 2.40. The molecule has 3 rings (SSSR count). The van der Waals surface area contributed by atoms with Crippen LogP contribution in [0.3, 0.4) is 0 Å². The third-order valence-corrected chi connectivity index (χ3v) is 4.76. The summed E-state index contributed by atoms with van der Waals surface area (Å²) in [6.45, 7) is 0. The summed E-state index contributed by atoms with van der Waals surface area (Å²) >= 11 is 6.05. The maximum Gasteiger partial charge on any atom is 0.251 e. The normalized spacial score (nSPS) is 28.4. The molecule has 2 fully saturated rings. The van der Waals surface area contributed by atoms with E-state index in [1.54, 1.807) is 25.3 Å². The first-order valence-electron chi connectivity index (χ1n) is 6.82. The Morgan fingerprint density at radius 3 is 2.79 bits per heavy atom. The topological polar surface area (TPSA) is 38.3 Å². The molecule has 2 bridgehead atoms. The summed E-state index contributed by atoms with van der Waals surface area (Å²) in [5.74, 6) is 2.08. The van der Waals surface area contributed by atoms with Gasteiger partial charge in [0, 0.05) is 11.6 Å². The smallest absolute Gasteiger partial charge is 0.251 e. The van der Waals surface area contributed by atoms with Gasteiger partial charge in [-0.2, -0.15) is 0 Å². The van der Waals surface area contributed by atoms with Gasteiger partial charge in [0.15, 0.2) is 0 Å². The van der Waals surface area contributed by atoms with E-state index in [0.29, 0.717) is 28.3 Å². The summed E-state index contributed by atoms with van der Waals surface area (Å²) in [5.41, 5.74) is 0.605. The van der Waals surface area contributed by atoms with Crippen molar-refractivity contribution in [3.05, 3.63) is 28.8 Å². The molecule has 0 unspecified atom stereocenters. The Hall–Kier alpha value is -1.22. The minimum atomic E-state index is -0.0258. The van der Waals surface area contributed by atoms with E-state index in [1.165, 1.54) is 19.3 Å². The number of nitrogens with one attached hydrogen (secondary N) is 1. The molecule has 2 aliphatic carbocycles. The zero-order chi connectivity index (χ0) is 13.4. The summed E-state index contributed by atoms with van der Waals surface area (Å²) < 4.78 is 5.09. The van der Waals surface area contributed by atoms with E-state index >= 15 is 0 Å². The Balaban J connectivity index is 1.69. The number of ether oxygens (including phenoxy) is 1. The first kappa shape index (κ1) is 12.8. The number of benzene rings is 1. The van der Waals surface area contributed by atoms with Crippen molar-refractivity contribution < 1.29 is 9.53 Å². The molecule has 1 aromatic rings. The Morgan fingerprint density at radius 2 is 2.21 bits per heavy atom. The number of halogens is 1. The van der Waals surface area contributed by atoms with Gasteiger partial charge in [-0.3, -0.25) is 4.79 Å². The fourth-order valence-electron chi connectivity index (χ4n) is 3.48. The highest BCUT2D eigenvalue weighted by atomic mass is 35.5. The van der Waals surface area contributed by atoms with Crippen molar-refractivity contribution in [1.82, 2.24) is 5.32 Å². The lowest BCUT2D eigenvalue weighted by molar-refractivity contribution is 0.0923. The summed E-state index contributed by atoms with van der Waals surface area (Å²) in [5, 5.41) is 3.63. The molecule has 0 saturated heterocycles. The Kier molecular flexibility index (Phi) is 3.40. The molecule has 1 amide bonds. The SMILES string of the molecule is COc1ccc(C(=O)N[C@H]2C[C@H]3CC[C@H]2C3)cc1Cl. The number of carbonyl (C=O) groups excluding carboxylic acids is 1. The Bertz CT molecular complexity index is 503. The molecule has 4 heteroatoms. The van der Waals surface area contributed by atoms with Crippen LogP contribution in [0.2, 0.25) is 5.02 Å². The van der Waals surface area contributed by atoms with Gasteiger partial charge in [-0.1, -0.05) is 18.0 Å². The van der Waals surface area contributed by atoms with Gasteiger partial charge in [0.1, 0.15) is 5.75 Å². The molecular formula is C15H18ClNO2. The number of hydrogen-bond acceptors (Lipinski definition) is 2. The number of fused-ring (bicyclic) bond motifs is 2. The minimum absolute atomic E-state index is 0.0258. The molecule has 0 radical (unpaired) electrons. The second kappa shape index (κ2) is 5.04. The van der Waals surface area contributed by atoms with E-state index in [1.807, 2.05) is 0 Å². The zero-order valence-electron chi connectivity index (χ0n) is 11.0. The molecule has 0 spiro atoms. The molecule has 1 N–H and O–H groups in total. The number of carbonyl (C=O) groups is 1. The van der Waals surface area contributed by atoms with Gasteiger partial charge in [0.05, 0.1) is 12.1 Å². The van der Waals surface area contributed by atoms with Gasteiger partial charge in [0.2, 0.25) is 0 Å². The molecule has 2 saturated carbocycles. The molecule has 3 nitrogen and oxygen atoms in total. The van der Waals surface area contributed by atoms with Crippen molar-refractivity contribution in [3.8, 4) is 5.75 Å². The van der Waals surface area contributed by atoms with Gasteiger partial charge in [-0.25, -0.2) is 0 Å². The second-order valence-electron chi connectivity index (χ2n) is 5.60. The Morgan fingerprint density at radius 1 is 1.37 bits per heavy atom. The number of hydrogen-bond donors (Lipinski definition) is 1. The van der Waals surface area contributed by atoms with Crippen LogP contribution in [-0.4, -0.2) is 19.1 Å². The minimum Gasteiger partial charge on any atom is -0.495 e. The summed E-state index contributed by atoms with van der Waals surface area (Å²) in [7, 11) is 1.57. The van der Waals surface area contributed by atoms with Crippen LogP contribution >= 0.6 is 11.6 Å². The van der Waals surface area contributed by atoms with Crippen molar-refractivity contribution >= 4 is 17.5 Å². The van der Waals surface area contributed by atoms with Crippen molar-refractivity contribution in [2.24, 2.45) is 11.8 Å². The molecule has 19 heavy (non-hydrogen) atoms.